The molecule has 7 aromatic carbocycles. The number of anilines is 1. The quantitative estimate of drug-likeness (QED) is 0.101. The van der Waals surface area contributed by atoms with Crippen LogP contribution in [0.15, 0.2) is 180 Å². The first-order chi connectivity index (χ1) is 25.7. The molecule has 0 saturated heterocycles. The maximum absolute atomic E-state index is 9.58. The van der Waals surface area contributed by atoms with Crippen molar-refractivity contribution < 1.29 is 4.74 Å². The summed E-state index contributed by atoms with van der Waals surface area (Å²) in [4.78, 5) is 3.43. The predicted molar refractivity (Wildman–Crippen MR) is 211 cm³/mol. The second-order valence-corrected chi connectivity index (χ2v) is 13.0. The van der Waals surface area contributed by atoms with E-state index in [0.29, 0.717) is 17.1 Å². The Morgan fingerprint density at radius 3 is 2.12 bits per heavy atom. The van der Waals surface area contributed by atoms with E-state index in [2.05, 4.69) is 113 Å². The van der Waals surface area contributed by atoms with Gasteiger partial charge in [-0.25, -0.2) is 10.1 Å². The summed E-state index contributed by atoms with van der Waals surface area (Å²) >= 11 is 0. The van der Waals surface area contributed by atoms with Crippen LogP contribution in [-0.2, 0) is 4.74 Å². The highest BCUT2D eigenvalue weighted by Crippen LogP contribution is 2.43. The summed E-state index contributed by atoms with van der Waals surface area (Å²) in [5.41, 5.74) is 6.84. The van der Waals surface area contributed by atoms with Gasteiger partial charge >= 0.3 is 0 Å². The van der Waals surface area contributed by atoms with Crippen LogP contribution in [0.4, 0.5) is 5.69 Å². The van der Waals surface area contributed by atoms with Gasteiger partial charge in [0.05, 0.1) is 30.1 Å². The minimum atomic E-state index is 0.00661. The molecular weight excluding hydrogens is 637 g/mol. The van der Waals surface area contributed by atoms with Crippen molar-refractivity contribution in [3.63, 3.8) is 0 Å². The number of nitriles is 1. The average Bonchev–Trinajstić information content (AvgIpc) is 3.66. The van der Waals surface area contributed by atoms with Crippen LogP contribution in [-0.4, -0.2) is 5.71 Å². The number of hydrogen-bond acceptors (Lipinski definition) is 4. The van der Waals surface area contributed by atoms with Gasteiger partial charge < -0.3 is 4.74 Å². The van der Waals surface area contributed by atoms with E-state index in [0.717, 1.165) is 34.5 Å². The minimum Gasteiger partial charge on any atom is -0.457 e. The van der Waals surface area contributed by atoms with E-state index in [-0.39, 0.29) is 11.7 Å². The third-order valence-electron chi connectivity index (χ3n) is 9.90. The highest BCUT2D eigenvalue weighted by molar-refractivity contribution is 6.23. The van der Waals surface area contributed by atoms with Crippen molar-refractivity contribution in [1.29, 1.82) is 5.26 Å². The van der Waals surface area contributed by atoms with E-state index in [1.54, 1.807) is 12.2 Å². The molecule has 0 aromatic heterocycles. The van der Waals surface area contributed by atoms with Crippen LogP contribution in [0, 0.1) is 17.9 Å². The van der Waals surface area contributed by atoms with Gasteiger partial charge in [-0.2, -0.15) is 5.10 Å². The number of hydrazone groups is 1. The predicted octanol–water partition coefficient (Wildman–Crippen LogP) is 11.6. The molecule has 52 heavy (non-hydrogen) atoms. The van der Waals surface area contributed by atoms with Gasteiger partial charge in [-0.1, -0.05) is 133 Å². The van der Waals surface area contributed by atoms with Gasteiger partial charge in [0.2, 0.25) is 0 Å². The van der Waals surface area contributed by atoms with Gasteiger partial charge in [-0.15, -0.1) is 0 Å². The van der Waals surface area contributed by atoms with Gasteiger partial charge in [-0.05, 0) is 84.9 Å². The minimum absolute atomic E-state index is 0.00661. The van der Waals surface area contributed by atoms with Crippen LogP contribution in [0.3, 0.4) is 0 Å². The molecular formula is C47H30N4O. The lowest BCUT2D eigenvalue weighted by atomic mass is 9.88. The Labute approximate surface area is 301 Å². The molecule has 0 bridgehead atoms. The Hall–Kier alpha value is -7.21. The fourth-order valence-corrected chi connectivity index (χ4v) is 7.40. The van der Waals surface area contributed by atoms with Crippen LogP contribution >= 0.6 is 0 Å². The second kappa shape index (κ2) is 12.9. The summed E-state index contributed by atoms with van der Waals surface area (Å²) in [6.45, 7) is 7.49. The first kappa shape index (κ1) is 30.8. The average molecular weight is 667 g/mol. The van der Waals surface area contributed by atoms with Gasteiger partial charge in [0.15, 0.2) is 0 Å². The van der Waals surface area contributed by atoms with Crippen molar-refractivity contribution in [2.24, 2.45) is 5.10 Å². The smallest absolute Gasteiger partial charge is 0.269 e. The van der Waals surface area contributed by atoms with Crippen LogP contribution in [0.5, 0.6) is 0 Å². The summed E-state index contributed by atoms with van der Waals surface area (Å²) in [6, 6.07) is 50.6. The lowest BCUT2D eigenvalue weighted by Crippen LogP contribution is -2.19. The zero-order valence-electron chi connectivity index (χ0n) is 28.1. The molecule has 0 radical (unpaired) electrons. The zero-order chi connectivity index (χ0) is 35.0. The van der Waals surface area contributed by atoms with Crippen LogP contribution in [0.1, 0.15) is 34.7 Å². The van der Waals surface area contributed by atoms with Crippen LogP contribution < -0.4 is 5.01 Å². The normalized spacial score (nSPS) is 16.8. The maximum atomic E-state index is 9.58. The molecule has 5 heteroatoms. The molecule has 0 saturated carbocycles. The first-order valence-corrected chi connectivity index (χ1v) is 17.2. The fraction of sp³-hybridized carbons (Fsp3) is 0.0426. The molecule has 0 N–H and O–H groups in total. The molecule has 0 fully saturated rings. The van der Waals surface area contributed by atoms with Gasteiger partial charge in [-0.3, -0.25) is 5.01 Å². The van der Waals surface area contributed by atoms with Gasteiger partial charge in [0.25, 0.3) is 5.70 Å². The summed E-state index contributed by atoms with van der Waals surface area (Å²) in [5.74, 6) is 1.13. The highest BCUT2D eigenvalue weighted by atomic mass is 16.5. The first-order valence-electron chi connectivity index (χ1n) is 17.2. The number of hydrogen-bond donors (Lipinski definition) is 0. The Morgan fingerprint density at radius 1 is 0.731 bits per heavy atom. The van der Waals surface area contributed by atoms with E-state index in [4.69, 9.17) is 16.4 Å². The molecule has 2 aliphatic rings. The second-order valence-electron chi connectivity index (χ2n) is 13.0. The Bertz CT molecular complexity index is 2710. The number of ether oxygens (including phenoxy) is 1. The van der Waals surface area contributed by atoms with Crippen molar-refractivity contribution in [3.05, 3.63) is 208 Å². The Kier molecular flexibility index (Phi) is 7.65. The molecule has 5 nitrogen and oxygen atoms in total. The lowest BCUT2D eigenvalue weighted by Gasteiger charge is -2.26. The SMILES string of the molecule is [C-]#[N+]C(C#N)=C1C=C(C=Cc2ccc(N3N=C(c4ccccc4)CC3c3ccc4ccc5cccc6ccc3c4c56)cc2)OC(c2ccccc2)=C1. The van der Waals surface area contributed by atoms with E-state index in [9.17, 15) is 5.26 Å². The molecule has 0 amide bonds. The van der Waals surface area contributed by atoms with Crippen LogP contribution in [0.25, 0.3) is 49.0 Å². The third-order valence-corrected chi connectivity index (χ3v) is 9.90. The van der Waals surface area contributed by atoms with Crippen molar-refractivity contribution in [3.8, 4) is 6.07 Å². The maximum Gasteiger partial charge on any atom is 0.269 e. The number of nitrogens with zero attached hydrogens (tertiary/aromatic N) is 4. The zero-order valence-corrected chi connectivity index (χ0v) is 28.1. The Balaban J connectivity index is 1.07. The highest BCUT2D eigenvalue weighted by Gasteiger charge is 2.31. The molecule has 1 atom stereocenters. The van der Waals surface area contributed by atoms with Crippen molar-refractivity contribution in [1.82, 2.24) is 0 Å². The molecule has 9 rings (SSSR count). The molecule has 244 valence electrons. The molecule has 1 unspecified atom stereocenters. The molecule has 2 heterocycles. The van der Waals surface area contributed by atoms with E-state index in [1.165, 1.54) is 37.9 Å². The number of rotatable bonds is 6. The largest absolute Gasteiger partial charge is 0.457 e. The number of benzene rings is 7. The molecule has 0 spiro atoms. The molecule has 2 aliphatic heterocycles. The van der Waals surface area contributed by atoms with Gasteiger partial charge in [0.1, 0.15) is 11.5 Å². The summed E-state index contributed by atoms with van der Waals surface area (Å²) < 4.78 is 6.23. The summed E-state index contributed by atoms with van der Waals surface area (Å²) in [5, 5.41) is 24.7. The summed E-state index contributed by atoms with van der Waals surface area (Å²) in [7, 11) is 0. The van der Waals surface area contributed by atoms with E-state index < -0.39 is 0 Å². The fourth-order valence-electron chi connectivity index (χ4n) is 7.40. The number of allylic oxidation sites excluding steroid dienone is 5. The topological polar surface area (TPSA) is 53.0 Å². The molecule has 7 aromatic rings. The van der Waals surface area contributed by atoms with E-state index in [1.807, 2.05) is 54.6 Å². The standard InChI is InChI=1S/C47H30N4O/c1-49-43(30-48)37-27-39(52-45(28-37)33-11-6-3-7-12-33)24-17-31-15-22-38(23-16-31)51-44(29-42(50-51)32-9-4-2-5-10-32)40-25-20-36-19-18-34-13-8-14-35-21-26-41(40)47(36)46(34)35/h2-28,44H,29H2. The summed E-state index contributed by atoms with van der Waals surface area (Å²) in [6.07, 6.45) is 8.11. The molecule has 0 aliphatic carbocycles. The van der Waals surface area contributed by atoms with Crippen molar-refractivity contribution >= 4 is 55.6 Å². The monoisotopic (exact) mass is 666 g/mol. The van der Waals surface area contributed by atoms with Crippen molar-refractivity contribution in [2.45, 2.75) is 12.5 Å². The van der Waals surface area contributed by atoms with Crippen molar-refractivity contribution in [2.75, 3.05) is 5.01 Å². The van der Waals surface area contributed by atoms with E-state index >= 15 is 0 Å². The lowest BCUT2D eigenvalue weighted by molar-refractivity contribution is 0.396. The third kappa shape index (κ3) is 5.48. The van der Waals surface area contributed by atoms with Crippen LogP contribution in [0.2, 0.25) is 0 Å². The van der Waals surface area contributed by atoms with Gasteiger partial charge in [0, 0.05) is 12.0 Å². The Morgan fingerprint density at radius 2 is 1.40 bits per heavy atom.